The number of halogens is 1. The molecule has 3 rings (SSSR count). The van der Waals surface area contributed by atoms with E-state index in [0.717, 1.165) is 15.6 Å². The van der Waals surface area contributed by atoms with Crippen LogP contribution in [0.2, 0.25) is 0 Å². The molecule has 1 aliphatic carbocycles. The standard InChI is InChI=1S/C17H12BrN/c18-14-7-9-16-13(10-14)6-8-15(17(16)11-19)12-4-2-1-3-5-12/h1-10,15,17H/t15-,17-/m1/s1. The van der Waals surface area contributed by atoms with Gasteiger partial charge in [-0.15, -0.1) is 0 Å². The average molecular weight is 310 g/mol. The molecule has 1 aliphatic rings. The van der Waals surface area contributed by atoms with E-state index in [1.807, 2.05) is 30.3 Å². The van der Waals surface area contributed by atoms with Gasteiger partial charge < -0.3 is 0 Å². The highest BCUT2D eigenvalue weighted by molar-refractivity contribution is 9.10. The first kappa shape index (κ1) is 12.2. The van der Waals surface area contributed by atoms with Crippen molar-refractivity contribution in [1.29, 1.82) is 5.26 Å². The van der Waals surface area contributed by atoms with Crippen LogP contribution < -0.4 is 0 Å². The fourth-order valence-corrected chi connectivity index (χ4v) is 2.99. The number of benzene rings is 2. The molecule has 0 heterocycles. The molecule has 0 amide bonds. The fourth-order valence-electron chi connectivity index (χ4n) is 2.61. The number of hydrogen-bond acceptors (Lipinski definition) is 1. The van der Waals surface area contributed by atoms with Crippen LogP contribution in [0.25, 0.3) is 6.08 Å². The molecule has 0 saturated heterocycles. The van der Waals surface area contributed by atoms with Crippen molar-refractivity contribution in [2.75, 3.05) is 0 Å². The maximum absolute atomic E-state index is 9.54. The highest BCUT2D eigenvalue weighted by atomic mass is 79.9. The summed E-state index contributed by atoms with van der Waals surface area (Å²) in [7, 11) is 0. The third kappa shape index (κ3) is 2.22. The molecule has 0 unspecified atom stereocenters. The Morgan fingerprint density at radius 1 is 1.05 bits per heavy atom. The Kier molecular flexibility index (Phi) is 3.23. The van der Waals surface area contributed by atoms with Gasteiger partial charge in [-0.25, -0.2) is 0 Å². The van der Waals surface area contributed by atoms with Gasteiger partial charge >= 0.3 is 0 Å². The highest BCUT2D eigenvalue weighted by Crippen LogP contribution is 2.40. The molecule has 0 N–H and O–H groups in total. The van der Waals surface area contributed by atoms with Crippen LogP contribution in [0.1, 0.15) is 28.5 Å². The van der Waals surface area contributed by atoms with Crippen LogP contribution in [-0.2, 0) is 0 Å². The minimum atomic E-state index is -0.115. The molecule has 1 nitrogen and oxygen atoms in total. The van der Waals surface area contributed by atoms with Gasteiger partial charge in [-0.1, -0.05) is 64.5 Å². The minimum absolute atomic E-state index is 0.115. The second-order valence-electron chi connectivity index (χ2n) is 4.68. The van der Waals surface area contributed by atoms with E-state index in [0.29, 0.717) is 0 Å². The monoisotopic (exact) mass is 309 g/mol. The summed E-state index contributed by atoms with van der Waals surface area (Å²) in [6.07, 6.45) is 4.25. The lowest BCUT2D eigenvalue weighted by atomic mass is 9.77. The topological polar surface area (TPSA) is 23.8 Å². The van der Waals surface area contributed by atoms with Gasteiger partial charge in [0.25, 0.3) is 0 Å². The van der Waals surface area contributed by atoms with Crippen molar-refractivity contribution >= 4 is 22.0 Å². The summed E-state index contributed by atoms with van der Waals surface area (Å²) in [6.45, 7) is 0. The molecular weight excluding hydrogens is 298 g/mol. The van der Waals surface area contributed by atoms with E-state index in [2.05, 4.69) is 52.4 Å². The molecule has 19 heavy (non-hydrogen) atoms. The first-order valence-electron chi connectivity index (χ1n) is 6.22. The van der Waals surface area contributed by atoms with Crippen LogP contribution >= 0.6 is 15.9 Å². The van der Waals surface area contributed by atoms with Gasteiger partial charge in [0.05, 0.1) is 12.0 Å². The highest BCUT2D eigenvalue weighted by Gasteiger charge is 2.27. The number of hydrogen-bond donors (Lipinski definition) is 0. The average Bonchev–Trinajstić information content (AvgIpc) is 2.46. The minimum Gasteiger partial charge on any atom is -0.198 e. The van der Waals surface area contributed by atoms with Crippen LogP contribution in [0, 0.1) is 11.3 Å². The summed E-state index contributed by atoms with van der Waals surface area (Å²) >= 11 is 3.48. The Hall–Kier alpha value is -1.85. The van der Waals surface area contributed by atoms with Crippen molar-refractivity contribution in [2.24, 2.45) is 0 Å². The van der Waals surface area contributed by atoms with Crippen molar-refractivity contribution < 1.29 is 0 Å². The summed E-state index contributed by atoms with van der Waals surface area (Å²) in [5, 5.41) is 9.54. The van der Waals surface area contributed by atoms with E-state index in [9.17, 15) is 5.26 Å². The van der Waals surface area contributed by atoms with E-state index < -0.39 is 0 Å². The van der Waals surface area contributed by atoms with E-state index in [1.165, 1.54) is 5.56 Å². The van der Waals surface area contributed by atoms with Gasteiger partial charge in [-0.3, -0.25) is 0 Å². The molecule has 2 aromatic carbocycles. The quantitative estimate of drug-likeness (QED) is 0.737. The van der Waals surface area contributed by atoms with E-state index in [-0.39, 0.29) is 11.8 Å². The Morgan fingerprint density at radius 3 is 2.58 bits per heavy atom. The van der Waals surface area contributed by atoms with Crippen LogP contribution in [0.4, 0.5) is 0 Å². The van der Waals surface area contributed by atoms with Crippen LogP contribution in [-0.4, -0.2) is 0 Å². The first-order chi connectivity index (χ1) is 9.29. The van der Waals surface area contributed by atoms with Gasteiger partial charge in [0, 0.05) is 10.4 Å². The van der Waals surface area contributed by atoms with Gasteiger partial charge in [0.2, 0.25) is 0 Å². The van der Waals surface area contributed by atoms with Gasteiger partial charge in [-0.2, -0.15) is 5.26 Å². The SMILES string of the molecule is N#C[C@H]1c2ccc(Br)cc2C=C[C@@H]1c1ccccc1. The predicted octanol–water partition coefficient (Wildman–Crippen LogP) is 4.87. The fraction of sp³-hybridized carbons (Fsp3) is 0.118. The zero-order valence-electron chi connectivity index (χ0n) is 10.3. The lowest BCUT2D eigenvalue weighted by Crippen LogP contribution is -2.12. The number of fused-ring (bicyclic) bond motifs is 1. The zero-order chi connectivity index (χ0) is 13.2. The second-order valence-corrected chi connectivity index (χ2v) is 5.59. The molecule has 0 aliphatic heterocycles. The Balaban J connectivity index is 2.09. The van der Waals surface area contributed by atoms with Crippen molar-refractivity contribution in [3.8, 4) is 6.07 Å². The molecule has 2 heteroatoms. The van der Waals surface area contributed by atoms with Gasteiger partial charge in [-0.05, 0) is 28.8 Å². The number of nitrogens with zero attached hydrogens (tertiary/aromatic N) is 1. The van der Waals surface area contributed by atoms with Crippen LogP contribution in [0.15, 0.2) is 59.1 Å². The maximum atomic E-state index is 9.54. The molecule has 0 radical (unpaired) electrons. The molecule has 2 aromatic rings. The Labute approximate surface area is 121 Å². The summed E-state index contributed by atoms with van der Waals surface area (Å²) < 4.78 is 1.05. The molecule has 0 bridgehead atoms. The molecule has 0 spiro atoms. The number of nitriles is 1. The predicted molar refractivity (Wildman–Crippen MR) is 80.7 cm³/mol. The summed E-state index contributed by atoms with van der Waals surface area (Å²) in [4.78, 5) is 0. The molecule has 92 valence electrons. The van der Waals surface area contributed by atoms with Crippen molar-refractivity contribution in [1.82, 2.24) is 0 Å². The second kappa shape index (κ2) is 5.03. The van der Waals surface area contributed by atoms with E-state index in [1.54, 1.807) is 0 Å². The van der Waals surface area contributed by atoms with Gasteiger partial charge in [0.15, 0.2) is 0 Å². The summed E-state index contributed by atoms with van der Waals surface area (Å²) in [5.41, 5.74) is 3.44. The Morgan fingerprint density at radius 2 is 1.84 bits per heavy atom. The zero-order valence-corrected chi connectivity index (χ0v) is 11.8. The number of rotatable bonds is 1. The van der Waals surface area contributed by atoms with Gasteiger partial charge in [0.1, 0.15) is 0 Å². The van der Waals surface area contributed by atoms with Crippen molar-refractivity contribution in [3.63, 3.8) is 0 Å². The molecule has 0 aromatic heterocycles. The molecule has 2 atom stereocenters. The normalized spacial score (nSPS) is 20.6. The lowest BCUT2D eigenvalue weighted by molar-refractivity contribution is 0.741. The lowest BCUT2D eigenvalue weighted by Gasteiger charge is -2.25. The van der Waals surface area contributed by atoms with Crippen molar-refractivity contribution in [3.05, 3.63) is 75.8 Å². The van der Waals surface area contributed by atoms with E-state index in [4.69, 9.17) is 0 Å². The van der Waals surface area contributed by atoms with E-state index >= 15 is 0 Å². The van der Waals surface area contributed by atoms with Crippen molar-refractivity contribution in [2.45, 2.75) is 11.8 Å². The first-order valence-corrected chi connectivity index (χ1v) is 7.01. The summed E-state index contributed by atoms with van der Waals surface area (Å²) in [6, 6.07) is 18.8. The summed E-state index contributed by atoms with van der Waals surface area (Å²) in [5.74, 6) is 0.0235. The Bertz CT molecular complexity index is 667. The molecular formula is C17H12BrN. The molecule has 0 fully saturated rings. The number of allylic oxidation sites excluding steroid dienone is 1. The third-order valence-electron chi connectivity index (χ3n) is 3.55. The van der Waals surface area contributed by atoms with Crippen LogP contribution in [0.3, 0.4) is 0 Å². The molecule has 0 saturated carbocycles. The largest absolute Gasteiger partial charge is 0.198 e. The maximum Gasteiger partial charge on any atom is 0.0821 e. The third-order valence-corrected chi connectivity index (χ3v) is 4.04. The van der Waals surface area contributed by atoms with Crippen LogP contribution in [0.5, 0.6) is 0 Å². The smallest absolute Gasteiger partial charge is 0.0821 e.